The van der Waals surface area contributed by atoms with Crippen LogP contribution in [0.2, 0.25) is 0 Å². The van der Waals surface area contributed by atoms with Crippen LogP contribution in [0.4, 0.5) is 18.0 Å². The summed E-state index contributed by atoms with van der Waals surface area (Å²) in [6, 6.07) is 3.78. The Morgan fingerprint density at radius 2 is 2.24 bits per heavy atom. The van der Waals surface area contributed by atoms with Gasteiger partial charge in [-0.15, -0.1) is 6.58 Å². The third-order valence-corrected chi connectivity index (χ3v) is 3.35. The molecule has 1 fully saturated rings. The van der Waals surface area contributed by atoms with Crippen LogP contribution in [0.15, 0.2) is 36.9 Å². The van der Waals surface area contributed by atoms with Gasteiger partial charge in [0.05, 0.1) is 18.2 Å². The molecule has 2 N–H and O–H groups in total. The number of likely N-dealkylation sites (tertiary alicyclic amines) is 1. The van der Waals surface area contributed by atoms with Gasteiger partial charge in [0.15, 0.2) is 0 Å². The first kappa shape index (κ1) is 15.2. The van der Waals surface area contributed by atoms with Crippen LogP contribution in [0.3, 0.4) is 0 Å². The third-order valence-electron chi connectivity index (χ3n) is 3.35. The molecule has 1 aliphatic heterocycles. The van der Waals surface area contributed by atoms with Gasteiger partial charge in [-0.1, -0.05) is 12.1 Å². The maximum Gasteiger partial charge on any atom is 0.416 e. The molecule has 1 saturated heterocycles. The minimum Gasteiger partial charge on any atom is -0.486 e. The van der Waals surface area contributed by atoms with Crippen molar-refractivity contribution in [2.75, 3.05) is 6.54 Å². The molecule has 0 saturated carbocycles. The lowest BCUT2D eigenvalue weighted by atomic mass is 9.96. The first-order valence-electron chi connectivity index (χ1n) is 6.34. The van der Waals surface area contributed by atoms with Gasteiger partial charge in [-0.3, -0.25) is 0 Å². The fourth-order valence-electron chi connectivity index (χ4n) is 2.25. The van der Waals surface area contributed by atoms with Crippen LogP contribution in [-0.4, -0.2) is 29.6 Å². The third kappa shape index (κ3) is 3.29. The second kappa shape index (κ2) is 5.67. The summed E-state index contributed by atoms with van der Waals surface area (Å²) in [5.41, 5.74) is 4.43. The number of nitrogens with two attached hydrogens (primary N) is 1. The van der Waals surface area contributed by atoms with E-state index in [1.165, 1.54) is 17.0 Å². The monoisotopic (exact) mass is 300 g/mol. The number of rotatable bonds is 4. The molecule has 1 aliphatic rings. The zero-order chi connectivity index (χ0) is 15.6. The lowest BCUT2D eigenvalue weighted by Gasteiger charge is -2.46. The highest BCUT2D eigenvalue weighted by molar-refractivity contribution is 5.73. The predicted molar refractivity (Wildman–Crippen MR) is 70.8 cm³/mol. The van der Waals surface area contributed by atoms with E-state index in [9.17, 15) is 18.0 Å². The number of alkyl halides is 3. The fraction of sp³-hybridized carbons (Fsp3) is 0.357. The molecule has 1 aromatic rings. The second-order valence-electron chi connectivity index (χ2n) is 4.76. The number of carbonyl (C=O) groups excluding carboxylic acids is 1. The number of amides is 2. The maximum absolute atomic E-state index is 12.6. The predicted octanol–water partition coefficient (Wildman–Crippen LogP) is 2.79. The van der Waals surface area contributed by atoms with Crippen molar-refractivity contribution in [1.29, 1.82) is 0 Å². The molecule has 7 heteroatoms. The summed E-state index contributed by atoms with van der Waals surface area (Å²) in [6.45, 7) is 3.84. The van der Waals surface area contributed by atoms with Crippen molar-refractivity contribution in [2.24, 2.45) is 5.73 Å². The smallest absolute Gasteiger partial charge is 0.416 e. The Morgan fingerprint density at radius 3 is 2.81 bits per heavy atom. The lowest BCUT2D eigenvalue weighted by molar-refractivity contribution is -0.137. The van der Waals surface area contributed by atoms with E-state index in [0.717, 1.165) is 12.1 Å². The quantitative estimate of drug-likeness (QED) is 0.869. The zero-order valence-electron chi connectivity index (χ0n) is 11.1. The molecule has 2 atom stereocenters. The first-order chi connectivity index (χ1) is 9.82. The molecular formula is C14H15F3N2O2. The summed E-state index contributed by atoms with van der Waals surface area (Å²) >= 11 is 0. The number of hydrogen-bond donors (Lipinski definition) is 1. The number of ether oxygens (including phenoxy) is 1. The minimum atomic E-state index is -4.42. The van der Waals surface area contributed by atoms with Crippen molar-refractivity contribution in [3.05, 3.63) is 42.5 Å². The molecule has 0 bridgehead atoms. The number of benzene rings is 1. The Labute approximate surface area is 120 Å². The summed E-state index contributed by atoms with van der Waals surface area (Å²) in [7, 11) is 0. The van der Waals surface area contributed by atoms with Gasteiger partial charge in [-0.25, -0.2) is 4.79 Å². The summed E-state index contributed by atoms with van der Waals surface area (Å²) in [6.07, 6.45) is -2.73. The van der Waals surface area contributed by atoms with Crippen LogP contribution in [0.1, 0.15) is 12.0 Å². The molecule has 1 heterocycles. The summed E-state index contributed by atoms with van der Waals surface area (Å²) < 4.78 is 43.4. The molecule has 2 amide bonds. The zero-order valence-corrected chi connectivity index (χ0v) is 11.1. The van der Waals surface area contributed by atoms with Crippen molar-refractivity contribution in [1.82, 2.24) is 4.90 Å². The highest BCUT2D eigenvalue weighted by Gasteiger charge is 2.42. The molecule has 0 spiro atoms. The summed E-state index contributed by atoms with van der Waals surface area (Å²) in [5, 5.41) is 0. The number of nitrogens with zero attached hydrogens (tertiary/aromatic N) is 1. The number of urea groups is 1. The Bertz CT molecular complexity index is 545. The normalized spacial score (nSPS) is 21.6. The molecular weight excluding hydrogens is 285 g/mol. The van der Waals surface area contributed by atoms with Gasteiger partial charge in [-0.05, 0) is 24.6 Å². The number of halogens is 3. The van der Waals surface area contributed by atoms with Crippen LogP contribution in [-0.2, 0) is 6.18 Å². The Hall–Kier alpha value is -2.18. The van der Waals surface area contributed by atoms with Crippen molar-refractivity contribution in [3.8, 4) is 5.75 Å². The summed E-state index contributed by atoms with van der Waals surface area (Å²) in [5.74, 6) is 0.119. The molecule has 0 aliphatic carbocycles. The molecule has 1 aromatic carbocycles. The highest BCUT2D eigenvalue weighted by Crippen LogP contribution is 2.33. The van der Waals surface area contributed by atoms with Crippen molar-refractivity contribution in [3.63, 3.8) is 0 Å². The van der Waals surface area contributed by atoms with Crippen molar-refractivity contribution >= 4 is 6.03 Å². The molecule has 2 rings (SSSR count). The SMILES string of the molecule is C=CCC1C(Oc2cccc(C(F)(F)F)c2)CN1C(N)=O. The standard InChI is InChI=1S/C14H15F3N2O2/c1-2-4-11-12(8-19(11)13(18)20)21-10-6-3-5-9(7-10)14(15,16)17/h2-3,5-7,11-12H,1,4,8H2,(H2,18,20). The lowest BCUT2D eigenvalue weighted by Crippen LogP contribution is -2.65. The van der Waals surface area contributed by atoms with Gasteiger partial charge >= 0.3 is 12.2 Å². The van der Waals surface area contributed by atoms with Gasteiger partial charge in [0, 0.05) is 0 Å². The number of carbonyl (C=O) groups is 1. The molecule has 4 nitrogen and oxygen atoms in total. The topological polar surface area (TPSA) is 55.6 Å². The minimum absolute atomic E-state index is 0.119. The van der Waals surface area contributed by atoms with Crippen LogP contribution < -0.4 is 10.5 Å². The maximum atomic E-state index is 12.6. The molecule has 21 heavy (non-hydrogen) atoms. The summed E-state index contributed by atoms with van der Waals surface area (Å²) in [4.78, 5) is 12.6. The van der Waals surface area contributed by atoms with Gasteiger partial charge < -0.3 is 15.4 Å². The highest BCUT2D eigenvalue weighted by atomic mass is 19.4. The number of hydrogen-bond acceptors (Lipinski definition) is 2. The molecule has 0 radical (unpaired) electrons. The molecule has 114 valence electrons. The van der Waals surface area contributed by atoms with Crippen molar-refractivity contribution < 1.29 is 22.7 Å². The van der Waals surface area contributed by atoms with Crippen LogP contribution in [0.25, 0.3) is 0 Å². The van der Waals surface area contributed by atoms with E-state index in [-0.39, 0.29) is 24.4 Å². The first-order valence-corrected chi connectivity index (χ1v) is 6.34. The average molecular weight is 300 g/mol. The van der Waals surface area contributed by atoms with Crippen LogP contribution in [0, 0.1) is 0 Å². The second-order valence-corrected chi connectivity index (χ2v) is 4.76. The van der Waals surface area contributed by atoms with Gasteiger partial charge in [0.2, 0.25) is 0 Å². The van der Waals surface area contributed by atoms with E-state index in [0.29, 0.717) is 6.42 Å². The van der Waals surface area contributed by atoms with E-state index >= 15 is 0 Å². The van der Waals surface area contributed by atoms with E-state index in [1.54, 1.807) is 6.08 Å². The van der Waals surface area contributed by atoms with Gasteiger partial charge in [0.1, 0.15) is 11.9 Å². The largest absolute Gasteiger partial charge is 0.486 e. The van der Waals surface area contributed by atoms with E-state index in [2.05, 4.69) is 6.58 Å². The Balaban J connectivity index is 2.08. The molecule has 0 aromatic heterocycles. The fourth-order valence-corrected chi connectivity index (χ4v) is 2.25. The van der Waals surface area contributed by atoms with E-state index in [1.807, 2.05) is 0 Å². The molecule has 2 unspecified atom stereocenters. The van der Waals surface area contributed by atoms with E-state index < -0.39 is 17.8 Å². The van der Waals surface area contributed by atoms with E-state index in [4.69, 9.17) is 10.5 Å². The van der Waals surface area contributed by atoms with Gasteiger partial charge in [0.25, 0.3) is 0 Å². The van der Waals surface area contributed by atoms with Gasteiger partial charge in [-0.2, -0.15) is 13.2 Å². The Kier molecular flexibility index (Phi) is 4.11. The Morgan fingerprint density at radius 1 is 1.52 bits per heavy atom. The number of primary amides is 1. The van der Waals surface area contributed by atoms with Crippen molar-refractivity contribution in [2.45, 2.75) is 24.7 Å². The van der Waals surface area contributed by atoms with Crippen LogP contribution in [0.5, 0.6) is 5.75 Å². The van der Waals surface area contributed by atoms with Crippen LogP contribution >= 0.6 is 0 Å². The average Bonchev–Trinajstić information content (AvgIpc) is 2.39.